The third kappa shape index (κ3) is 3.90. The summed E-state index contributed by atoms with van der Waals surface area (Å²) in [6.07, 6.45) is 1.88. The highest BCUT2D eigenvalue weighted by molar-refractivity contribution is 6.34. The monoisotopic (exact) mass is 441 g/mol. The van der Waals surface area contributed by atoms with Gasteiger partial charge in [-0.15, -0.1) is 0 Å². The Bertz CT molecular complexity index is 972. The Morgan fingerprint density at radius 2 is 1.71 bits per heavy atom. The number of nitrogens with zero attached hydrogens (tertiary/aromatic N) is 3. The van der Waals surface area contributed by atoms with Crippen molar-refractivity contribution < 1.29 is 14.3 Å². The van der Waals surface area contributed by atoms with E-state index < -0.39 is 5.66 Å². The lowest BCUT2D eigenvalue weighted by molar-refractivity contribution is -0.143. The molecule has 1 amide bonds. The topological polar surface area (TPSA) is 53.1 Å². The van der Waals surface area contributed by atoms with Crippen LogP contribution in [0.2, 0.25) is 5.02 Å². The average Bonchev–Trinajstić information content (AvgIpc) is 2.79. The second-order valence-corrected chi connectivity index (χ2v) is 8.45. The molecule has 0 saturated carbocycles. The third-order valence-electron chi connectivity index (χ3n) is 6.43. The molecule has 1 fully saturated rings. The number of anilines is 2. The number of carbonyl (C=O) groups is 2. The summed E-state index contributed by atoms with van der Waals surface area (Å²) in [5.74, 6) is -0.193. The number of benzene rings is 2. The van der Waals surface area contributed by atoms with Gasteiger partial charge in [-0.05, 0) is 31.2 Å². The molecule has 2 aromatic carbocycles. The molecule has 2 aliphatic heterocycles. The van der Waals surface area contributed by atoms with Gasteiger partial charge in [0, 0.05) is 39.5 Å². The van der Waals surface area contributed by atoms with Gasteiger partial charge in [-0.25, -0.2) is 0 Å². The number of esters is 1. The van der Waals surface area contributed by atoms with E-state index in [0.717, 1.165) is 37.3 Å². The average molecular weight is 442 g/mol. The van der Waals surface area contributed by atoms with Gasteiger partial charge in [-0.3, -0.25) is 14.5 Å². The summed E-state index contributed by atoms with van der Waals surface area (Å²) in [6, 6.07) is 15.3. The summed E-state index contributed by atoms with van der Waals surface area (Å²) in [5.41, 5.74) is 1.84. The van der Waals surface area contributed by atoms with E-state index in [2.05, 4.69) is 16.8 Å². The fourth-order valence-electron chi connectivity index (χ4n) is 4.77. The van der Waals surface area contributed by atoms with Crippen LogP contribution in [0, 0.1) is 0 Å². The van der Waals surface area contributed by atoms with Crippen molar-refractivity contribution in [2.45, 2.75) is 31.8 Å². The molecular formula is C24H28ClN3O3. The molecule has 164 valence electrons. The summed E-state index contributed by atoms with van der Waals surface area (Å²) in [4.78, 5) is 31.9. The zero-order chi connectivity index (χ0) is 22.0. The number of likely N-dealkylation sites (tertiary alicyclic amines) is 1. The van der Waals surface area contributed by atoms with Crippen molar-refractivity contribution in [3.05, 3.63) is 59.1 Å². The Hall–Kier alpha value is -2.57. The minimum atomic E-state index is -0.517. The number of halogens is 1. The molecule has 4 rings (SSSR count). The number of carbonyl (C=O) groups excluding carboxylic acids is 2. The Labute approximate surface area is 188 Å². The van der Waals surface area contributed by atoms with Gasteiger partial charge in [0.05, 0.1) is 35.0 Å². The van der Waals surface area contributed by atoms with Crippen molar-refractivity contribution in [2.75, 3.05) is 43.1 Å². The molecular weight excluding hydrogens is 414 g/mol. The molecule has 0 unspecified atom stereocenters. The normalized spacial score (nSPS) is 18.2. The molecule has 6 nitrogen and oxygen atoms in total. The van der Waals surface area contributed by atoms with Crippen molar-refractivity contribution in [2.24, 2.45) is 0 Å². The summed E-state index contributed by atoms with van der Waals surface area (Å²) in [7, 11) is 2.06. The molecule has 0 aromatic heterocycles. The molecule has 1 saturated heterocycles. The number of para-hydroxylation sites is 2. The van der Waals surface area contributed by atoms with Gasteiger partial charge in [0.25, 0.3) is 5.91 Å². The van der Waals surface area contributed by atoms with E-state index in [9.17, 15) is 9.59 Å². The third-order valence-corrected chi connectivity index (χ3v) is 6.75. The van der Waals surface area contributed by atoms with Gasteiger partial charge >= 0.3 is 5.97 Å². The van der Waals surface area contributed by atoms with Crippen LogP contribution >= 0.6 is 11.6 Å². The maximum absolute atomic E-state index is 13.7. The van der Waals surface area contributed by atoms with Crippen LogP contribution in [0.1, 0.15) is 36.5 Å². The van der Waals surface area contributed by atoms with Crippen LogP contribution in [0.4, 0.5) is 11.4 Å². The number of hydrogen-bond donors (Lipinski definition) is 0. The number of fused-ring (bicyclic) bond motifs is 1. The fourth-order valence-corrected chi connectivity index (χ4v) is 4.99. The van der Waals surface area contributed by atoms with Gasteiger partial charge in [-0.2, -0.15) is 0 Å². The molecule has 7 heteroatoms. The van der Waals surface area contributed by atoms with Crippen molar-refractivity contribution in [3.63, 3.8) is 0 Å². The van der Waals surface area contributed by atoms with Crippen LogP contribution in [0.25, 0.3) is 0 Å². The van der Waals surface area contributed by atoms with E-state index in [1.54, 1.807) is 0 Å². The number of amides is 1. The first-order valence-corrected chi connectivity index (χ1v) is 11.2. The summed E-state index contributed by atoms with van der Waals surface area (Å²) >= 11 is 6.57. The SMILES string of the molecule is CCOC(=O)CCN1CCC2(CC1)N(C)c1ccccc1C(=O)N2c1ccccc1Cl. The van der Waals surface area contributed by atoms with Crippen LogP contribution in [-0.4, -0.2) is 55.7 Å². The predicted molar refractivity (Wildman–Crippen MR) is 123 cm³/mol. The second kappa shape index (κ2) is 8.89. The lowest BCUT2D eigenvalue weighted by atomic mass is 9.87. The van der Waals surface area contributed by atoms with Crippen LogP contribution in [-0.2, 0) is 9.53 Å². The van der Waals surface area contributed by atoms with Crippen LogP contribution < -0.4 is 9.80 Å². The zero-order valence-electron chi connectivity index (χ0n) is 18.0. The Kier molecular flexibility index (Phi) is 6.21. The highest BCUT2D eigenvalue weighted by atomic mass is 35.5. The van der Waals surface area contributed by atoms with Crippen LogP contribution in [0.15, 0.2) is 48.5 Å². The predicted octanol–water partition coefficient (Wildman–Crippen LogP) is 4.18. The molecule has 1 spiro atoms. The van der Waals surface area contributed by atoms with Gasteiger partial charge in [0.15, 0.2) is 0 Å². The van der Waals surface area contributed by atoms with Crippen LogP contribution in [0.5, 0.6) is 0 Å². The van der Waals surface area contributed by atoms with Crippen molar-refractivity contribution in [1.29, 1.82) is 0 Å². The van der Waals surface area contributed by atoms with E-state index in [1.807, 2.05) is 60.4 Å². The molecule has 31 heavy (non-hydrogen) atoms. The first-order valence-electron chi connectivity index (χ1n) is 10.8. The van der Waals surface area contributed by atoms with Gasteiger partial charge in [0.2, 0.25) is 0 Å². The molecule has 2 aromatic rings. The maximum atomic E-state index is 13.7. The molecule has 0 radical (unpaired) electrons. The molecule has 0 aliphatic carbocycles. The number of rotatable bonds is 5. The molecule has 2 heterocycles. The lowest BCUT2D eigenvalue weighted by Crippen LogP contribution is -2.68. The number of piperidine rings is 1. The van der Waals surface area contributed by atoms with E-state index in [1.165, 1.54) is 0 Å². The second-order valence-electron chi connectivity index (χ2n) is 8.05. The highest BCUT2D eigenvalue weighted by Gasteiger charge is 2.51. The Balaban J connectivity index is 1.65. The largest absolute Gasteiger partial charge is 0.466 e. The number of hydrogen-bond acceptors (Lipinski definition) is 5. The molecule has 0 bridgehead atoms. The van der Waals surface area contributed by atoms with E-state index in [4.69, 9.17) is 16.3 Å². The summed E-state index contributed by atoms with van der Waals surface area (Å²) < 4.78 is 5.06. The Morgan fingerprint density at radius 3 is 2.39 bits per heavy atom. The summed E-state index contributed by atoms with van der Waals surface area (Å²) in [6.45, 7) is 4.44. The maximum Gasteiger partial charge on any atom is 0.307 e. The van der Waals surface area contributed by atoms with E-state index >= 15 is 0 Å². The van der Waals surface area contributed by atoms with E-state index in [-0.39, 0.29) is 11.9 Å². The molecule has 2 aliphatic rings. The minimum absolute atomic E-state index is 0.0261. The number of ether oxygens (including phenoxy) is 1. The minimum Gasteiger partial charge on any atom is -0.466 e. The Morgan fingerprint density at radius 1 is 1.06 bits per heavy atom. The fraction of sp³-hybridized carbons (Fsp3) is 0.417. The van der Waals surface area contributed by atoms with Crippen LogP contribution in [0.3, 0.4) is 0 Å². The lowest BCUT2D eigenvalue weighted by Gasteiger charge is -2.57. The summed E-state index contributed by atoms with van der Waals surface area (Å²) in [5, 5.41) is 0.563. The molecule has 0 N–H and O–H groups in total. The van der Waals surface area contributed by atoms with Gasteiger partial charge in [0.1, 0.15) is 5.66 Å². The quantitative estimate of drug-likeness (QED) is 0.651. The first-order chi connectivity index (χ1) is 15.0. The van der Waals surface area contributed by atoms with Gasteiger partial charge < -0.3 is 14.5 Å². The van der Waals surface area contributed by atoms with Crippen molar-refractivity contribution in [1.82, 2.24) is 4.90 Å². The standard InChI is InChI=1S/C24H28ClN3O3/c1-3-31-22(29)12-15-27-16-13-24(14-17-27)26(2)20-10-6-4-8-18(20)23(30)28(24)21-11-7-5-9-19(21)25/h4-11H,3,12-17H2,1-2H3. The van der Waals surface area contributed by atoms with Gasteiger partial charge in [-0.1, -0.05) is 35.9 Å². The first kappa shape index (κ1) is 21.7. The molecule has 0 atom stereocenters. The highest BCUT2D eigenvalue weighted by Crippen LogP contribution is 2.45. The van der Waals surface area contributed by atoms with Crippen molar-refractivity contribution in [3.8, 4) is 0 Å². The smallest absolute Gasteiger partial charge is 0.307 e. The zero-order valence-corrected chi connectivity index (χ0v) is 18.8. The van der Waals surface area contributed by atoms with Crippen molar-refractivity contribution >= 4 is 34.9 Å². The van der Waals surface area contributed by atoms with E-state index in [0.29, 0.717) is 30.2 Å².